The van der Waals surface area contributed by atoms with E-state index < -0.39 is 0 Å². The minimum atomic E-state index is -0.350. The average Bonchev–Trinajstić information content (AvgIpc) is 2.96. The first-order valence-corrected chi connectivity index (χ1v) is 7.18. The molecule has 1 N–H and O–H groups in total. The molecular formula is C16H16FN3O3. The van der Waals surface area contributed by atoms with Gasteiger partial charge in [0.2, 0.25) is 5.91 Å². The second-order valence-electron chi connectivity index (χ2n) is 5.21. The van der Waals surface area contributed by atoms with Crippen molar-refractivity contribution in [1.29, 1.82) is 0 Å². The number of hydrogen-bond acceptors (Lipinski definition) is 5. The van der Waals surface area contributed by atoms with E-state index in [1.807, 2.05) is 0 Å². The summed E-state index contributed by atoms with van der Waals surface area (Å²) in [6, 6.07) is 2.83. The van der Waals surface area contributed by atoms with E-state index >= 15 is 0 Å². The van der Waals surface area contributed by atoms with Crippen LogP contribution in [0.25, 0.3) is 11.3 Å². The van der Waals surface area contributed by atoms with Crippen LogP contribution in [-0.4, -0.2) is 42.2 Å². The number of hydrogen-bond donors (Lipinski definition) is 1. The summed E-state index contributed by atoms with van der Waals surface area (Å²) in [7, 11) is 1.46. The molecule has 3 rings (SSSR count). The van der Waals surface area contributed by atoms with Gasteiger partial charge in [0, 0.05) is 37.1 Å². The fourth-order valence-electron chi connectivity index (χ4n) is 2.55. The van der Waals surface area contributed by atoms with E-state index in [2.05, 4.69) is 15.3 Å². The van der Waals surface area contributed by atoms with Crippen LogP contribution in [0.3, 0.4) is 0 Å². The highest BCUT2D eigenvalue weighted by Crippen LogP contribution is 2.38. The molecule has 1 aliphatic heterocycles. The summed E-state index contributed by atoms with van der Waals surface area (Å²) in [5, 5.41) is 2.72. The van der Waals surface area contributed by atoms with Crippen molar-refractivity contribution in [2.24, 2.45) is 0 Å². The van der Waals surface area contributed by atoms with Crippen LogP contribution in [0, 0.1) is 5.82 Å². The number of benzene rings is 1. The van der Waals surface area contributed by atoms with Crippen molar-refractivity contribution in [3.63, 3.8) is 0 Å². The average molecular weight is 317 g/mol. The first-order chi connectivity index (χ1) is 11.2. The van der Waals surface area contributed by atoms with Crippen LogP contribution < -0.4 is 10.1 Å². The van der Waals surface area contributed by atoms with Crippen LogP contribution in [-0.2, 0) is 16.0 Å². The van der Waals surface area contributed by atoms with Crippen LogP contribution in [0.4, 0.5) is 4.39 Å². The molecule has 1 amide bonds. The molecular weight excluding hydrogens is 301 g/mol. The monoisotopic (exact) mass is 317 g/mol. The van der Waals surface area contributed by atoms with E-state index in [1.54, 1.807) is 18.6 Å². The van der Waals surface area contributed by atoms with E-state index in [-0.39, 0.29) is 24.4 Å². The summed E-state index contributed by atoms with van der Waals surface area (Å²) >= 11 is 0. The lowest BCUT2D eigenvalue weighted by atomic mass is 10.0. The molecule has 1 aromatic heterocycles. The molecule has 0 spiro atoms. The Kier molecular flexibility index (Phi) is 4.47. The zero-order chi connectivity index (χ0) is 16.2. The molecule has 1 aromatic carbocycles. The van der Waals surface area contributed by atoms with Gasteiger partial charge in [-0.25, -0.2) is 4.39 Å². The topological polar surface area (TPSA) is 73.3 Å². The van der Waals surface area contributed by atoms with Gasteiger partial charge in [-0.3, -0.25) is 14.8 Å². The largest absolute Gasteiger partial charge is 0.487 e. The Hall–Kier alpha value is -2.54. The maximum absolute atomic E-state index is 13.9. The number of nitrogens with one attached hydrogen (secondary N) is 1. The van der Waals surface area contributed by atoms with E-state index in [0.29, 0.717) is 30.0 Å². The summed E-state index contributed by atoms with van der Waals surface area (Å²) in [6.07, 6.45) is 4.94. The molecule has 1 atom stereocenters. The maximum atomic E-state index is 13.9. The Labute approximate surface area is 132 Å². The summed E-state index contributed by atoms with van der Waals surface area (Å²) in [6.45, 7) is 0.331. The number of carbonyl (C=O) groups is 1. The van der Waals surface area contributed by atoms with Crippen molar-refractivity contribution in [1.82, 2.24) is 15.3 Å². The molecule has 0 saturated carbocycles. The second-order valence-corrected chi connectivity index (χ2v) is 5.21. The quantitative estimate of drug-likeness (QED) is 0.901. The van der Waals surface area contributed by atoms with Gasteiger partial charge in [-0.2, -0.15) is 0 Å². The van der Waals surface area contributed by atoms with Crippen molar-refractivity contribution >= 4 is 5.91 Å². The highest BCUT2D eigenvalue weighted by atomic mass is 19.1. The van der Waals surface area contributed by atoms with Crippen LogP contribution in [0.1, 0.15) is 5.56 Å². The molecule has 2 heterocycles. The zero-order valence-corrected chi connectivity index (χ0v) is 12.6. The first-order valence-electron chi connectivity index (χ1n) is 7.18. The third kappa shape index (κ3) is 3.45. The highest BCUT2D eigenvalue weighted by molar-refractivity contribution is 5.77. The molecule has 0 aliphatic carbocycles. The number of aromatic nitrogens is 2. The Morgan fingerprint density at radius 3 is 3.09 bits per heavy atom. The molecule has 0 radical (unpaired) electrons. The predicted octanol–water partition coefficient (Wildman–Crippen LogP) is 1.35. The minimum absolute atomic E-state index is 0.000842. The standard InChI is InChI=1S/C16H16FN3O3/c1-22-9-15(21)20-7-12-5-10-4-11(17)6-13(16(10)23-12)14-8-18-2-3-19-14/h2-4,6,8,12H,5,7,9H2,1H3,(H,20,21). The fourth-order valence-corrected chi connectivity index (χ4v) is 2.55. The second kappa shape index (κ2) is 6.70. The molecule has 0 bridgehead atoms. The van der Waals surface area contributed by atoms with Crippen molar-refractivity contribution in [2.45, 2.75) is 12.5 Å². The number of carbonyl (C=O) groups excluding carboxylic acids is 1. The number of ether oxygens (including phenoxy) is 2. The predicted molar refractivity (Wildman–Crippen MR) is 80.4 cm³/mol. The van der Waals surface area contributed by atoms with Gasteiger partial charge >= 0.3 is 0 Å². The van der Waals surface area contributed by atoms with Gasteiger partial charge < -0.3 is 14.8 Å². The van der Waals surface area contributed by atoms with Gasteiger partial charge in [-0.05, 0) is 12.1 Å². The van der Waals surface area contributed by atoms with Crippen molar-refractivity contribution in [3.05, 3.63) is 42.1 Å². The Bertz CT molecular complexity index is 709. The SMILES string of the molecule is COCC(=O)NCC1Cc2cc(F)cc(-c3cnccn3)c2O1. The number of rotatable bonds is 5. The van der Waals surface area contributed by atoms with E-state index in [4.69, 9.17) is 9.47 Å². The van der Waals surface area contributed by atoms with Crippen molar-refractivity contribution < 1.29 is 18.7 Å². The normalized spacial score (nSPS) is 15.8. The third-order valence-corrected chi connectivity index (χ3v) is 3.50. The molecule has 0 saturated heterocycles. The van der Waals surface area contributed by atoms with Gasteiger partial charge in [0.25, 0.3) is 0 Å². The van der Waals surface area contributed by atoms with Gasteiger partial charge in [-0.1, -0.05) is 0 Å². The summed E-state index contributed by atoms with van der Waals surface area (Å²) in [4.78, 5) is 19.6. The smallest absolute Gasteiger partial charge is 0.246 e. The number of methoxy groups -OCH3 is 1. The molecule has 23 heavy (non-hydrogen) atoms. The number of nitrogens with zero attached hydrogens (tertiary/aromatic N) is 2. The van der Waals surface area contributed by atoms with Crippen LogP contribution in [0.5, 0.6) is 5.75 Å². The number of amides is 1. The summed E-state index contributed by atoms with van der Waals surface area (Å²) in [5.74, 6) is 0.0300. The molecule has 1 aliphatic rings. The van der Waals surface area contributed by atoms with Crippen LogP contribution >= 0.6 is 0 Å². The van der Waals surface area contributed by atoms with Crippen LogP contribution in [0.15, 0.2) is 30.7 Å². The Morgan fingerprint density at radius 2 is 2.35 bits per heavy atom. The fraction of sp³-hybridized carbons (Fsp3) is 0.312. The van der Waals surface area contributed by atoms with Gasteiger partial charge in [0.05, 0.1) is 18.4 Å². The van der Waals surface area contributed by atoms with Gasteiger partial charge in [0.1, 0.15) is 24.3 Å². The number of fused-ring (bicyclic) bond motifs is 1. The van der Waals surface area contributed by atoms with E-state index in [1.165, 1.54) is 19.2 Å². The zero-order valence-electron chi connectivity index (χ0n) is 12.6. The summed E-state index contributed by atoms with van der Waals surface area (Å²) < 4.78 is 24.5. The lowest BCUT2D eigenvalue weighted by molar-refractivity contribution is -0.125. The van der Waals surface area contributed by atoms with Gasteiger partial charge in [0.15, 0.2) is 0 Å². The van der Waals surface area contributed by atoms with E-state index in [9.17, 15) is 9.18 Å². The first kappa shape index (κ1) is 15.4. The minimum Gasteiger partial charge on any atom is -0.487 e. The lowest BCUT2D eigenvalue weighted by Gasteiger charge is -2.13. The number of halogens is 1. The Balaban J connectivity index is 1.78. The molecule has 120 valence electrons. The maximum Gasteiger partial charge on any atom is 0.246 e. The van der Waals surface area contributed by atoms with Crippen molar-refractivity contribution in [2.75, 3.05) is 20.3 Å². The molecule has 1 unspecified atom stereocenters. The molecule has 0 fully saturated rings. The van der Waals surface area contributed by atoms with Crippen LogP contribution in [0.2, 0.25) is 0 Å². The van der Waals surface area contributed by atoms with E-state index in [0.717, 1.165) is 5.56 Å². The lowest BCUT2D eigenvalue weighted by Crippen LogP contribution is -2.36. The highest BCUT2D eigenvalue weighted by Gasteiger charge is 2.27. The van der Waals surface area contributed by atoms with Crippen molar-refractivity contribution in [3.8, 4) is 17.0 Å². The molecule has 2 aromatic rings. The van der Waals surface area contributed by atoms with Gasteiger partial charge in [-0.15, -0.1) is 0 Å². The Morgan fingerprint density at radius 1 is 1.48 bits per heavy atom. The third-order valence-electron chi connectivity index (χ3n) is 3.50. The molecule has 6 nitrogen and oxygen atoms in total. The summed E-state index contributed by atoms with van der Waals surface area (Å²) in [5.41, 5.74) is 1.88. The molecule has 7 heteroatoms.